The fraction of sp³-hybridized carbons (Fsp3) is 0.333. The van der Waals surface area contributed by atoms with E-state index in [0.29, 0.717) is 23.7 Å². The SMILES string of the molecule is CCn1ncnc1C(O)c1ccccc1OC. The molecule has 1 aromatic carbocycles. The van der Waals surface area contributed by atoms with E-state index >= 15 is 0 Å². The number of hydrogen-bond donors (Lipinski definition) is 1. The summed E-state index contributed by atoms with van der Waals surface area (Å²) in [4.78, 5) is 4.09. The van der Waals surface area contributed by atoms with Crippen LogP contribution in [0.15, 0.2) is 30.6 Å². The van der Waals surface area contributed by atoms with Crippen molar-refractivity contribution in [2.75, 3.05) is 7.11 Å². The lowest BCUT2D eigenvalue weighted by Crippen LogP contribution is -2.11. The van der Waals surface area contributed by atoms with Gasteiger partial charge in [-0.3, -0.25) is 0 Å². The van der Waals surface area contributed by atoms with Gasteiger partial charge in [0.05, 0.1) is 7.11 Å². The van der Waals surface area contributed by atoms with E-state index in [1.165, 1.54) is 6.33 Å². The number of aromatic nitrogens is 3. The number of hydrogen-bond acceptors (Lipinski definition) is 4. The number of methoxy groups -OCH3 is 1. The first-order valence-electron chi connectivity index (χ1n) is 5.46. The van der Waals surface area contributed by atoms with E-state index in [0.717, 1.165) is 0 Å². The summed E-state index contributed by atoms with van der Waals surface area (Å²) in [6.45, 7) is 2.62. The molecule has 1 N–H and O–H groups in total. The van der Waals surface area contributed by atoms with Crippen molar-refractivity contribution in [2.24, 2.45) is 0 Å². The van der Waals surface area contributed by atoms with Gasteiger partial charge < -0.3 is 9.84 Å². The molecule has 0 saturated heterocycles. The van der Waals surface area contributed by atoms with Crippen molar-refractivity contribution in [3.63, 3.8) is 0 Å². The van der Waals surface area contributed by atoms with Gasteiger partial charge in [-0.1, -0.05) is 18.2 Å². The average Bonchev–Trinajstić information content (AvgIpc) is 2.86. The van der Waals surface area contributed by atoms with Gasteiger partial charge in [0.1, 0.15) is 18.2 Å². The van der Waals surface area contributed by atoms with Crippen molar-refractivity contribution in [1.82, 2.24) is 14.8 Å². The summed E-state index contributed by atoms with van der Waals surface area (Å²) in [6, 6.07) is 7.34. The molecule has 2 aromatic rings. The van der Waals surface area contributed by atoms with E-state index in [9.17, 15) is 5.11 Å². The Balaban J connectivity index is 2.40. The number of aliphatic hydroxyl groups excluding tert-OH is 1. The van der Waals surface area contributed by atoms with Gasteiger partial charge >= 0.3 is 0 Å². The van der Waals surface area contributed by atoms with Gasteiger partial charge in [0, 0.05) is 12.1 Å². The van der Waals surface area contributed by atoms with Crippen LogP contribution < -0.4 is 4.74 Å². The van der Waals surface area contributed by atoms with Crippen LogP contribution in [0.1, 0.15) is 24.4 Å². The molecule has 0 radical (unpaired) electrons. The van der Waals surface area contributed by atoms with Gasteiger partial charge in [0.15, 0.2) is 5.82 Å². The zero-order valence-electron chi connectivity index (χ0n) is 9.87. The smallest absolute Gasteiger partial charge is 0.160 e. The third kappa shape index (κ3) is 2.14. The molecule has 5 heteroatoms. The fourth-order valence-electron chi connectivity index (χ4n) is 1.76. The Labute approximate surface area is 99.7 Å². The highest BCUT2D eigenvalue weighted by atomic mass is 16.5. The molecule has 0 aliphatic rings. The van der Waals surface area contributed by atoms with Crippen LogP contribution in [0.5, 0.6) is 5.75 Å². The van der Waals surface area contributed by atoms with Crippen LogP contribution >= 0.6 is 0 Å². The molecular weight excluding hydrogens is 218 g/mol. The summed E-state index contributed by atoms with van der Waals surface area (Å²) < 4.78 is 6.88. The monoisotopic (exact) mass is 233 g/mol. The number of aryl methyl sites for hydroxylation is 1. The maximum absolute atomic E-state index is 10.3. The minimum atomic E-state index is -0.825. The number of aliphatic hydroxyl groups is 1. The molecule has 17 heavy (non-hydrogen) atoms. The second kappa shape index (κ2) is 4.97. The molecule has 0 amide bonds. The minimum Gasteiger partial charge on any atom is -0.496 e. The molecule has 0 bridgehead atoms. The molecule has 0 aliphatic carbocycles. The fourth-order valence-corrected chi connectivity index (χ4v) is 1.76. The lowest BCUT2D eigenvalue weighted by Gasteiger charge is -2.14. The van der Waals surface area contributed by atoms with Crippen LogP contribution in [0, 0.1) is 0 Å². The van der Waals surface area contributed by atoms with Crippen LogP contribution in [0.25, 0.3) is 0 Å². The Morgan fingerprint density at radius 1 is 1.41 bits per heavy atom. The Bertz CT molecular complexity index is 496. The van der Waals surface area contributed by atoms with Crippen LogP contribution in [0.3, 0.4) is 0 Å². The van der Waals surface area contributed by atoms with Crippen molar-refractivity contribution < 1.29 is 9.84 Å². The van der Waals surface area contributed by atoms with Crippen molar-refractivity contribution in [1.29, 1.82) is 0 Å². The minimum absolute atomic E-state index is 0.525. The number of ether oxygens (including phenoxy) is 1. The van der Waals surface area contributed by atoms with E-state index in [2.05, 4.69) is 10.1 Å². The Morgan fingerprint density at radius 2 is 2.18 bits per heavy atom. The Kier molecular flexibility index (Phi) is 3.39. The molecule has 1 heterocycles. The number of para-hydroxylation sites is 1. The Hall–Kier alpha value is -1.88. The second-order valence-electron chi connectivity index (χ2n) is 3.58. The predicted octanol–water partition coefficient (Wildman–Crippen LogP) is 1.39. The van der Waals surface area contributed by atoms with E-state index in [-0.39, 0.29) is 0 Å². The first kappa shape index (κ1) is 11.6. The first-order chi connectivity index (χ1) is 8.27. The third-order valence-corrected chi connectivity index (χ3v) is 2.62. The van der Waals surface area contributed by atoms with E-state index in [1.54, 1.807) is 11.8 Å². The van der Waals surface area contributed by atoms with Gasteiger partial charge in [-0.15, -0.1) is 0 Å². The summed E-state index contributed by atoms with van der Waals surface area (Å²) in [6.07, 6.45) is 0.617. The van der Waals surface area contributed by atoms with Crippen LogP contribution in [0.2, 0.25) is 0 Å². The zero-order chi connectivity index (χ0) is 12.3. The third-order valence-electron chi connectivity index (χ3n) is 2.62. The van der Waals surface area contributed by atoms with Crippen molar-refractivity contribution >= 4 is 0 Å². The maximum Gasteiger partial charge on any atom is 0.160 e. The topological polar surface area (TPSA) is 60.2 Å². The van der Waals surface area contributed by atoms with Crippen molar-refractivity contribution in [3.8, 4) is 5.75 Å². The van der Waals surface area contributed by atoms with Crippen LogP contribution in [0.4, 0.5) is 0 Å². The first-order valence-corrected chi connectivity index (χ1v) is 5.46. The molecule has 0 aliphatic heterocycles. The van der Waals surface area contributed by atoms with E-state index < -0.39 is 6.10 Å². The van der Waals surface area contributed by atoms with Crippen molar-refractivity contribution in [2.45, 2.75) is 19.6 Å². The number of nitrogens with zero attached hydrogens (tertiary/aromatic N) is 3. The highest BCUT2D eigenvalue weighted by Gasteiger charge is 2.19. The maximum atomic E-state index is 10.3. The average molecular weight is 233 g/mol. The molecule has 1 atom stereocenters. The normalized spacial score (nSPS) is 12.4. The number of benzene rings is 1. The van der Waals surface area contributed by atoms with E-state index in [4.69, 9.17) is 4.74 Å². The molecule has 90 valence electrons. The molecule has 0 fully saturated rings. The summed E-state index contributed by atoms with van der Waals surface area (Å²) >= 11 is 0. The standard InChI is InChI=1S/C12H15N3O2/c1-3-15-12(13-8-14-15)11(16)9-6-4-5-7-10(9)17-2/h4-8,11,16H,3H2,1-2H3. The molecular formula is C12H15N3O2. The predicted molar refractivity (Wildman–Crippen MR) is 62.8 cm³/mol. The van der Waals surface area contributed by atoms with Gasteiger partial charge in [0.25, 0.3) is 0 Å². The van der Waals surface area contributed by atoms with Gasteiger partial charge in [-0.2, -0.15) is 5.10 Å². The lowest BCUT2D eigenvalue weighted by atomic mass is 10.1. The lowest BCUT2D eigenvalue weighted by molar-refractivity contribution is 0.198. The van der Waals surface area contributed by atoms with Gasteiger partial charge in [0.2, 0.25) is 0 Å². The summed E-state index contributed by atoms with van der Waals surface area (Å²) in [7, 11) is 1.58. The van der Waals surface area contributed by atoms with E-state index in [1.807, 2.05) is 31.2 Å². The molecule has 1 unspecified atom stereocenters. The highest BCUT2D eigenvalue weighted by molar-refractivity contribution is 5.37. The molecule has 0 saturated carbocycles. The second-order valence-corrected chi connectivity index (χ2v) is 3.58. The molecule has 1 aromatic heterocycles. The Morgan fingerprint density at radius 3 is 2.88 bits per heavy atom. The quantitative estimate of drug-likeness (QED) is 0.866. The highest BCUT2D eigenvalue weighted by Crippen LogP contribution is 2.28. The van der Waals surface area contributed by atoms with Gasteiger partial charge in [-0.25, -0.2) is 9.67 Å². The molecule has 5 nitrogen and oxygen atoms in total. The van der Waals surface area contributed by atoms with Crippen LogP contribution in [-0.2, 0) is 6.54 Å². The summed E-state index contributed by atoms with van der Waals surface area (Å²) in [5.74, 6) is 1.17. The molecule has 2 rings (SSSR count). The largest absolute Gasteiger partial charge is 0.496 e. The van der Waals surface area contributed by atoms with Crippen LogP contribution in [-0.4, -0.2) is 27.0 Å². The zero-order valence-corrected chi connectivity index (χ0v) is 9.87. The van der Waals surface area contributed by atoms with Crippen molar-refractivity contribution in [3.05, 3.63) is 42.0 Å². The summed E-state index contributed by atoms with van der Waals surface area (Å²) in [5.41, 5.74) is 0.692. The van der Waals surface area contributed by atoms with Gasteiger partial charge in [-0.05, 0) is 13.0 Å². The summed E-state index contributed by atoms with van der Waals surface area (Å²) in [5, 5.41) is 14.3. The number of rotatable bonds is 4. The molecule has 0 spiro atoms.